The van der Waals surface area contributed by atoms with Crippen LogP contribution in [0.15, 0.2) is 6.20 Å². The molecule has 0 atom stereocenters. The fourth-order valence-corrected chi connectivity index (χ4v) is 0.696. The van der Waals surface area contributed by atoms with Crippen molar-refractivity contribution >= 4 is 17.8 Å². The average Bonchev–Trinajstić information content (AvgIpc) is 2.18. The molecule has 0 amide bonds. The predicted molar refractivity (Wildman–Crippen MR) is 36.9 cm³/mol. The van der Waals surface area contributed by atoms with Crippen molar-refractivity contribution in [2.75, 3.05) is 0 Å². The highest BCUT2D eigenvalue weighted by molar-refractivity contribution is 6.31. The highest BCUT2D eigenvalue weighted by atomic mass is 35.5. The van der Waals surface area contributed by atoms with Gasteiger partial charge in [-0.3, -0.25) is 4.68 Å². The molecule has 1 N–H and O–H groups in total. The normalized spacial score (nSPS) is 9.64. The Hall–Kier alpha value is -1.23. The van der Waals surface area contributed by atoms with Crippen molar-refractivity contribution in [3.8, 4) is 5.75 Å². The minimum absolute atomic E-state index is 0.0432. The Morgan fingerprint density at radius 2 is 2.55 bits per heavy atom. The quantitative estimate of drug-likeness (QED) is 0.652. The highest BCUT2D eigenvalue weighted by Gasteiger charge is 2.09. The number of hydrogen-bond acceptors (Lipinski definition) is 3. The van der Waals surface area contributed by atoms with Gasteiger partial charge in [-0.05, 0) is 0 Å². The average molecular weight is 177 g/mol. The number of nitrogens with zero attached hydrogens (tertiary/aromatic N) is 2. The molecule has 1 heterocycles. The molecule has 0 bridgehead atoms. The van der Waals surface area contributed by atoms with E-state index in [1.54, 1.807) is 7.05 Å². The van der Waals surface area contributed by atoms with Gasteiger partial charge in [0.25, 0.3) is 0 Å². The first-order valence-electron chi connectivity index (χ1n) is 2.69. The number of aromatic nitrogens is 2. The van der Waals surface area contributed by atoms with Gasteiger partial charge in [-0.2, -0.15) is 5.10 Å². The monoisotopic (exact) mass is 176 g/mol. The van der Waals surface area contributed by atoms with E-state index in [0.29, 0.717) is 0 Å². The summed E-state index contributed by atoms with van der Waals surface area (Å²) in [7, 11) is 1.58. The lowest BCUT2D eigenvalue weighted by Gasteiger charge is -1.94. The summed E-state index contributed by atoms with van der Waals surface area (Å²) in [6, 6.07) is 0. The Kier molecular flexibility index (Phi) is 2.00. The van der Waals surface area contributed by atoms with Crippen LogP contribution in [0.4, 0.5) is 4.79 Å². The molecule has 60 valence electrons. The molecule has 1 rings (SSSR count). The first-order chi connectivity index (χ1) is 5.11. The smallest absolute Gasteiger partial charge is 0.449 e. The zero-order chi connectivity index (χ0) is 8.43. The molecule has 0 fully saturated rings. The molecule has 11 heavy (non-hydrogen) atoms. The Morgan fingerprint density at radius 1 is 1.91 bits per heavy atom. The van der Waals surface area contributed by atoms with Gasteiger partial charge in [-0.15, -0.1) is 0 Å². The van der Waals surface area contributed by atoms with Crippen LogP contribution in [0.1, 0.15) is 0 Å². The summed E-state index contributed by atoms with van der Waals surface area (Å²) in [4.78, 5) is 10.0. The largest absolute Gasteiger partial charge is 0.511 e. The number of hydrogen-bond donors (Lipinski definition) is 1. The summed E-state index contributed by atoms with van der Waals surface area (Å²) in [5.41, 5.74) is 0. The first-order valence-corrected chi connectivity index (χ1v) is 3.07. The van der Waals surface area contributed by atoms with Crippen molar-refractivity contribution in [3.05, 3.63) is 11.3 Å². The standard InChI is InChI=1S/C5H5ClN2O3/c1-8-4(6)3(2-7-8)11-5(9)10/h2H,1H3,(H,9,10). The summed E-state index contributed by atoms with van der Waals surface area (Å²) >= 11 is 5.56. The van der Waals surface area contributed by atoms with Crippen LogP contribution in [0, 0.1) is 0 Å². The Balaban J connectivity index is 2.87. The topological polar surface area (TPSA) is 64.4 Å². The number of aryl methyl sites for hydroxylation is 1. The molecular weight excluding hydrogens is 172 g/mol. The van der Waals surface area contributed by atoms with Crippen LogP contribution in [0.3, 0.4) is 0 Å². The van der Waals surface area contributed by atoms with Crippen molar-refractivity contribution < 1.29 is 14.6 Å². The molecule has 0 aliphatic heterocycles. The molecule has 0 aromatic carbocycles. The van der Waals surface area contributed by atoms with Gasteiger partial charge in [0.2, 0.25) is 0 Å². The number of carboxylic acid groups (broad SMARTS) is 1. The third kappa shape index (κ3) is 1.62. The van der Waals surface area contributed by atoms with Crippen LogP contribution in [0.5, 0.6) is 5.75 Å². The molecule has 0 saturated carbocycles. The lowest BCUT2D eigenvalue weighted by molar-refractivity contribution is 0.144. The molecule has 0 spiro atoms. The van der Waals surface area contributed by atoms with Crippen LogP contribution in [-0.2, 0) is 7.05 Å². The number of halogens is 1. The lowest BCUT2D eigenvalue weighted by atomic mass is 10.6. The molecule has 0 aliphatic rings. The Bertz CT molecular complexity index is 283. The molecule has 0 saturated heterocycles. The fourth-order valence-electron chi connectivity index (χ4n) is 0.565. The van der Waals surface area contributed by atoms with E-state index in [4.69, 9.17) is 16.7 Å². The summed E-state index contributed by atoms with van der Waals surface area (Å²) in [5, 5.41) is 12.0. The lowest BCUT2D eigenvalue weighted by Crippen LogP contribution is -2.02. The Morgan fingerprint density at radius 3 is 2.91 bits per heavy atom. The van der Waals surface area contributed by atoms with E-state index in [9.17, 15) is 4.79 Å². The van der Waals surface area contributed by atoms with E-state index in [1.165, 1.54) is 10.9 Å². The van der Waals surface area contributed by atoms with Crippen molar-refractivity contribution in [2.45, 2.75) is 0 Å². The maximum atomic E-state index is 10.0. The molecule has 0 aliphatic carbocycles. The van der Waals surface area contributed by atoms with Gasteiger partial charge >= 0.3 is 6.16 Å². The van der Waals surface area contributed by atoms with Crippen molar-refractivity contribution in [1.82, 2.24) is 9.78 Å². The highest BCUT2D eigenvalue weighted by Crippen LogP contribution is 2.22. The minimum atomic E-state index is -1.40. The molecule has 0 unspecified atom stereocenters. The van der Waals surface area contributed by atoms with Gasteiger partial charge in [0.15, 0.2) is 10.9 Å². The van der Waals surface area contributed by atoms with Crippen molar-refractivity contribution in [3.63, 3.8) is 0 Å². The zero-order valence-corrected chi connectivity index (χ0v) is 6.37. The minimum Gasteiger partial charge on any atom is -0.449 e. The number of carbonyl (C=O) groups is 1. The van der Waals surface area contributed by atoms with E-state index in [0.717, 1.165) is 0 Å². The fraction of sp³-hybridized carbons (Fsp3) is 0.200. The second-order valence-electron chi connectivity index (χ2n) is 1.79. The second kappa shape index (κ2) is 2.79. The molecule has 5 nitrogen and oxygen atoms in total. The zero-order valence-electron chi connectivity index (χ0n) is 5.61. The van der Waals surface area contributed by atoms with Crippen LogP contribution in [0.25, 0.3) is 0 Å². The van der Waals surface area contributed by atoms with E-state index >= 15 is 0 Å². The predicted octanol–water partition coefficient (Wildman–Crippen LogP) is 1.13. The van der Waals surface area contributed by atoms with Gasteiger partial charge < -0.3 is 9.84 Å². The Labute approximate surface area is 67.1 Å². The van der Waals surface area contributed by atoms with Gasteiger partial charge in [0.05, 0.1) is 6.20 Å². The summed E-state index contributed by atoms with van der Waals surface area (Å²) in [6.07, 6.45) is -0.170. The van der Waals surface area contributed by atoms with Gasteiger partial charge in [0.1, 0.15) is 0 Å². The van der Waals surface area contributed by atoms with Crippen molar-refractivity contribution in [1.29, 1.82) is 0 Å². The molecule has 1 aromatic rings. The van der Waals surface area contributed by atoms with E-state index in [-0.39, 0.29) is 10.9 Å². The summed E-state index contributed by atoms with van der Waals surface area (Å²) in [6.45, 7) is 0. The third-order valence-electron chi connectivity index (χ3n) is 1.03. The number of rotatable bonds is 1. The molecule has 6 heteroatoms. The number of ether oxygens (including phenoxy) is 1. The molecule has 1 aromatic heterocycles. The summed E-state index contributed by atoms with van der Waals surface area (Å²) < 4.78 is 5.57. The van der Waals surface area contributed by atoms with E-state index < -0.39 is 6.16 Å². The molecular formula is C5H5ClN2O3. The van der Waals surface area contributed by atoms with Crippen LogP contribution in [-0.4, -0.2) is 21.0 Å². The van der Waals surface area contributed by atoms with Gasteiger partial charge in [0, 0.05) is 7.05 Å². The first kappa shape index (κ1) is 7.87. The van der Waals surface area contributed by atoms with Crippen molar-refractivity contribution in [2.24, 2.45) is 7.05 Å². The SMILES string of the molecule is Cn1ncc(OC(=O)O)c1Cl. The van der Waals surface area contributed by atoms with Gasteiger partial charge in [-0.1, -0.05) is 11.6 Å². The van der Waals surface area contributed by atoms with E-state index in [2.05, 4.69) is 9.84 Å². The third-order valence-corrected chi connectivity index (χ3v) is 1.46. The van der Waals surface area contributed by atoms with Gasteiger partial charge in [-0.25, -0.2) is 4.79 Å². The maximum absolute atomic E-state index is 10.0. The summed E-state index contributed by atoms with van der Waals surface area (Å²) in [5.74, 6) is 0.0432. The molecule has 0 radical (unpaired) electrons. The second-order valence-corrected chi connectivity index (χ2v) is 2.15. The van der Waals surface area contributed by atoms with Crippen LogP contribution < -0.4 is 4.74 Å². The van der Waals surface area contributed by atoms with E-state index in [1.807, 2.05) is 0 Å². The maximum Gasteiger partial charge on any atom is 0.511 e. The van der Waals surface area contributed by atoms with Crippen LogP contribution in [0.2, 0.25) is 5.15 Å². The van der Waals surface area contributed by atoms with Crippen LogP contribution >= 0.6 is 11.6 Å².